The van der Waals surface area contributed by atoms with E-state index in [0.717, 1.165) is 35.3 Å². The predicted molar refractivity (Wildman–Crippen MR) is 141 cm³/mol. The van der Waals surface area contributed by atoms with Crippen LogP contribution in [-0.2, 0) is 29.0 Å². The van der Waals surface area contributed by atoms with E-state index in [1.807, 2.05) is 66.7 Å². The second-order valence-electron chi connectivity index (χ2n) is 8.52. The van der Waals surface area contributed by atoms with Crippen LogP contribution in [0.25, 0.3) is 0 Å². The molecule has 0 aliphatic carbocycles. The zero-order valence-corrected chi connectivity index (χ0v) is 21.1. The fourth-order valence-corrected chi connectivity index (χ4v) is 3.99. The molecule has 6 heteroatoms. The smallest absolute Gasteiger partial charge is 0.243 e. The summed E-state index contributed by atoms with van der Waals surface area (Å²) in [6, 6.07) is 24.0. The van der Waals surface area contributed by atoms with Crippen LogP contribution in [-0.4, -0.2) is 36.4 Å². The van der Waals surface area contributed by atoms with Gasteiger partial charge in [0, 0.05) is 24.5 Å². The molecule has 0 saturated heterocycles. The van der Waals surface area contributed by atoms with Crippen molar-refractivity contribution in [1.29, 1.82) is 0 Å². The average molecular weight is 493 g/mol. The fraction of sp³-hybridized carbons (Fsp3) is 0.310. The molecule has 1 atom stereocenters. The molecule has 184 valence electrons. The number of unbranched alkanes of at least 4 members (excludes halogenated alkanes) is 1. The first-order valence-corrected chi connectivity index (χ1v) is 12.4. The highest BCUT2D eigenvalue weighted by atomic mass is 35.5. The van der Waals surface area contributed by atoms with E-state index in [1.165, 1.54) is 0 Å². The second-order valence-corrected chi connectivity index (χ2v) is 8.96. The Hall–Kier alpha value is -3.31. The lowest BCUT2D eigenvalue weighted by Gasteiger charge is -2.32. The van der Waals surface area contributed by atoms with E-state index in [1.54, 1.807) is 24.1 Å². The summed E-state index contributed by atoms with van der Waals surface area (Å²) in [6.07, 6.45) is 2.48. The van der Waals surface area contributed by atoms with Crippen LogP contribution in [0.5, 0.6) is 5.75 Å². The highest BCUT2D eigenvalue weighted by Crippen LogP contribution is 2.19. The van der Waals surface area contributed by atoms with Crippen molar-refractivity contribution in [2.75, 3.05) is 13.7 Å². The number of hydrogen-bond acceptors (Lipinski definition) is 3. The van der Waals surface area contributed by atoms with E-state index in [0.29, 0.717) is 24.5 Å². The van der Waals surface area contributed by atoms with E-state index in [4.69, 9.17) is 16.3 Å². The Morgan fingerprint density at radius 1 is 0.914 bits per heavy atom. The SMILES string of the molecule is CCCCNC(=O)[C@H](Cc1ccccc1)N(Cc1ccc(OC)cc1)C(=O)Cc1ccc(Cl)cc1. The lowest BCUT2D eigenvalue weighted by Crippen LogP contribution is -2.51. The molecule has 0 aliphatic rings. The molecule has 3 rings (SSSR count). The van der Waals surface area contributed by atoms with Crippen LogP contribution in [0.4, 0.5) is 0 Å². The molecule has 0 spiro atoms. The van der Waals surface area contributed by atoms with Gasteiger partial charge >= 0.3 is 0 Å². The molecule has 5 nitrogen and oxygen atoms in total. The first-order chi connectivity index (χ1) is 17.0. The minimum atomic E-state index is -0.642. The monoisotopic (exact) mass is 492 g/mol. The Kier molecular flexibility index (Phi) is 10.2. The quantitative estimate of drug-likeness (QED) is 0.342. The number of carbonyl (C=O) groups is 2. The molecule has 0 unspecified atom stereocenters. The molecule has 0 saturated carbocycles. The Balaban J connectivity index is 1.92. The van der Waals surface area contributed by atoms with Crippen LogP contribution in [0.3, 0.4) is 0 Å². The van der Waals surface area contributed by atoms with Gasteiger partial charge in [-0.1, -0.05) is 79.5 Å². The molecular formula is C29H33ClN2O3. The maximum atomic E-state index is 13.7. The average Bonchev–Trinajstić information content (AvgIpc) is 2.88. The van der Waals surface area contributed by atoms with Crippen molar-refractivity contribution >= 4 is 23.4 Å². The van der Waals surface area contributed by atoms with Crippen molar-refractivity contribution in [1.82, 2.24) is 10.2 Å². The third-order valence-corrected chi connectivity index (χ3v) is 6.13. The standard InChI is InChI=1S/C29H33ClN2O3/c1-3-4-18-31-29(34)27(19-22-8-6-5-7-9-22)32(21-24-12-16-26(35-2)17-13-24)28(33)20-23-10-14-25(30)15-11-23/h5-17,27H,3-4,18-21H2,1-2H3,(H,31,34)/t27-/m0/s1. The van der Waals surface area contributed by atoms with Crippen LogP contribution >= 0.6 is 11.6 Å². The molecule has 1 N–H and O–H groups in total. The van der Waals surface area contributed by atoms with Crippen molar-refractivity contribution in [2.24, 2.45) is 0 Å². The van der Waals surface area contributed by atoms with Gasteiger partial charge in [0.25, 0.3) is 0 Å². The Labute approximate surface area is 213 Å². The molecule has 0 bridgehead atoms. The van der Waals surface area contributed by atoms with Gasteiger partial charge in [-0.05, 0) is 47.4 Å². The summed E-state index contributed by atoms with van der Waals surface area (Å²) < 4.78 is 5.27. The van der Waals surface area contributed by atoms with Crippen LogP contribution in [0.2, 0.25) is 5.02 Å². The third-order valence-electron chi connectivity index (χ3n) is 5.88. The number of halogens is 1. The minimum Gasteiger partial charge on any atom is -0.497 e. The van der Waals surface area contributed by atoms with Gasteiger partial charge in [0.05, 0.1) is 13.5 Å². The highest BCUT2D eigenvalue weighted by Gasteiger charge is 2.30. The number of nitrogens with zero attached hydrogens (tertiary/aromatic N) is 1. The summed E-state index contributed by atoms with van der Waals surface area (Å²) in [5.41, 5.74) is 2.78. The summed E-state index contributed by atoms with van der Waals surface area (Å²) >= 11 is 6.03. The van der Waals surface area contributed by atoms with Crippen molar-refractivity contribution in [3.05, 3.63) is 101 Å². The molecular weight excluding hydrogens is 460 g/mol. The van der Waals surface area contributed by atoms with Gasteiger partial charge in [0.15, 0.2) is 0 Å². The largest absolute Gasteiger partial charge is 0.497 e. The summed E-state index contributed by atoms with van der Waals surface area (Å²) in [7, 11) is 1.62. The molecule has 0 radical (unpaired) electrons. The number of methoxy groups -OCH3 is 1. The predicted octanol–water partition coefficient (Wildman–Crippen LogP) is 5.45. The number of amides is 2. The van der Waals surface area contributed by atoms with Gasteiger partial charge in [-0.3, -0.25) is 9.59 Å². The molecule has 2 amide bonds. The second kappa shape index (κ2) is 13.5. The lowest BCUT2D eigenvalue weighted by molar-refractivity contribution is -0.140. The van der Waals surface area contributed by atoms with Gasteiger partial charge in [-0.15, -0.1) is 0 Å². The Morgan fingerprint density at radius 3 is 2.20 bits per heavy atom. The molecule has 0 aromatic heterocycles. The van der Waals surface area contributed by atoms with Gasteiger partial charge in [0.1, 0.15) is 11.8 Å². The topological polar surface area (TPSA) is 58.6 Å². The first kappa shape index (κ1) is 26.3. The summed E-state index contributed by atoms with van der Waals surface area (Å²) in [5.74, 6) is 0.487. The minimum absolute atomic E-state index is 0.116. The fourth-order valence-electron chi connectivity index (χ4n) is 3.87. The summed E-state index contributed by atoms with van der Waals surface area (Å²) in [4.78, 5) is 28.8. The van der Waals surface area contributed by atoms with E-state index >= 15 is 0 Å². The number of ether oxygens (including phenoxy) is 1. The number of carbonyl (C=O) groups excluding carboxylic acids is 2. The van der Waals surface area contributed by atoms with E-state index < -0.39 is 6.04 Å². The molecule has 0 heterocycles. The van der Waals surface area contributed by atoms with Crippen LogP contribution in [0.1, 0.15) is 36.5 Å². The molecule has 0 fully saturated rings. The first-order valence-electron chi connectivity index (χ1n) is 12.0. The maximum Gasteiger partial charge on any atom is 0.243 e. The van der Waals surface area contributed by atoms with E-state index in [-0.39, 0.29) is 18.2 Å². The van der Waals surface area contributed by atoms with Crippen molar-refractivity contribution in [2.45, 2.75) is 45.2 Å². The Morgan fingerprint density at radius 2 is 1.57 bits per heavy atom. The molecule has 0 aliphatic heterocycles. The summed E-state index contributed by atoms with van der Waals surface area (Å²) in [5, 5.41) is 3.66. The third kappa shape index (κ3) is 8.15. The van der Waals surface area contributed by atoms with Crippen molar-refractivity contribution < 1.29 is 14.3 Å². The maximum absolute atomic E-state index is 13.7. The zero-order chi connectivity index (χ0) is 25.0. The highest BCUT2D eigenvalue weighted by molar-refractivity contribution is 6.30. The zero-order valence-electron chi connectivity index (χ0n) is 20.4. The summed E-state index contributed by atoms with van der Waals surface area (Å²) in [6.45, 7) is 2.98. The molecule has 3 aromatic carbocycles. The van der Waals surface area contributed by atoms with Crippen LogP contribution in [0, 0.1) is 0 Å². The number of nitrogens with one attached hydrogen (secondary N) is 1. The van der Waals surface area contributed by atoms with Gasteiger partial charge in [-0.25, -0.2) is 0 Å². The number of benzene rings is 3. The molecule has 35 heavy (non-hydrogen) atoms. The van der Waals surface area contributed by atoms with E-state index in [9.17, 15) is 9.59 Å². The van der Waals surface area contributed by atoms with Crippen LogP contribution < -0.4 is 10.1 Å². The van der Waals surface area contributed by atoms with Crippen molar-refractivity contribution in [3.63, 3.8) is 0 Å². The van der Waals surface area contributed by atoms with Gasteiger partial charge < -0.3 is 15.0 Å². The lowest BCUT2D eigenvalue weighted by atomic mass is 10.0. The van der Waals surface area contributed by atoms with Gasteiger partial charge in [-0.2, -0.15) is 0 Å². The number of rotatable bonds is 12. The number of hydrogen-bond donors (Lipinski definition) is 1. The van der Waals surface area contributed by atoms with Crippen LogP contribution in [0.15, 0.2) is 78.9 Å². The normalized spacial score (nSPS) is 11.5. The van der Waals surface area contributed by atoms with Crippen molar-refractivity contribution in [3.8, 4) is 5.75 Å². The molecule has 3 aromatic rings. The Bertz CT molecular complexity index is 1070. The van der Waals surface area contributed by atoms with E-state index in [2.05, 4.69) is 12.2 Å². The van der Waals surface area contributed by atoms with Gasteiger partial charge in [0.2, 0.25) is 11.8 Å².